The van der Waals surface area contributed by atoms with Gasteiger partial charge in [-0.05, 0) is 18.6 Å². The van der Waals surface area contributed by atoms with Gasteiger partial charge in [-0.15, -0.1) is 0 Å². The number of benzene rings is 1. The van der Waals surface area contributed by atoms with Crippen LogP contribution >= 0.6 is 0 Å². The minimum Gasteiger partial charge on any atom is -0.378 e. The van der Waals surface area contributed by atoms with E-state index in [-0.39, 0.29) is 18.2 Å². The molecule has 2 atom stereocenters. The van der Waals surface area contributed by atoms with Crippen molar-refractivity contribution in [2.45, 2.75) is 25.6 Å². The van der Waals surface area contributed by atoms with E-state index < -0.39 is 0 Å². The summed E-state index contributed by atoms with van der Waals surface area (Å²) in [7, 11) is 5.81. The second-order valence-electron chi connectivity index (χ2n) is 6.10. The van der Waals surface area contributed by atoms with E-state index in [1.807, 2.05) is 6.92 Å². The van der Waals surface area contributed by atoms with Crippen LogP contribution in [0.2, 0.25) is 0 Å². The molecule has 1 aliphatic heterocycles. The van der Waals surface area contributed by atoms with Crippen molar-refractivity contribution in [2.75, 3.05) is 45.7 Å². The molecule has 0 saturated carbocycles. The minimum absolute atomic E-state index is 0.0121. The van der Waals surface area contributed by atoms with Crippen LogP contribution in [0.1, 0.15) is 12.5 Å². The molecule has 2 rings (SSSR count). The summed E-state index contributed by atoms with van der Waals surface area (Å²) in [4.78, 5) is 16.2. The van der Waals surface area contributed by atoms with Gasteiger partial charge in [0, 0.05) is 53.1 Å². The molecule has 0 unspecified atom stereocenters. The monoisotopic (exact) mass is 320 g/mol. The molecule has 2 N–H and O–H groups in total. The molecule has 1 saturated heterocycles. The van der Waals surface area contributed by atoms with Gasteiger partial charge < -0.3 is 20.3 Å². The summed E-state index contributed by atoms with van der Waals surface area (Å²) in [5, 5.41) is 5.78. The first-order chi connectivity index (χ1) is 11.0. The first-order valence-electron chi connectivity index (χ1n) is 8.09. The third-order valence-electron chi connectivity index (χ3n) is 4.17. The van der Waals surface area contributed by atoms with Gasteiger partial charge in [-0.1, -0.05) is 18.2 Å². The van der Waals surface area contributed by atoms with Gasteiger partial charge in [0.1, 0.15) is 0 Å². The van der Waals surface area contributed by atoms with E-state index in [0.29, 0.717) is 6.54 Å². The van der Waals surface area contributed by atoms with E-state index in [2.05, 4.69) is 58.8 Å². The molecule has 23 heavy (non-hydrogen) atoms. The van der Waals surface area contributed by atoms with Crippen LogP contribution in [0.5, 0.6) is 0 Å². The molecule has 1 aromatic rings. The van der Waals surface area contributed by atoms with Gasteiger partial charge in [0.15, 0.2) is 0 Å². The number of ether oxygens (including phenoxy) is 1. The maximum absolute atomic E-state index is 11.8. The maximum Gasteiger partial charge on any atom is 0.315 e. The molecule has 6 nitrogen and oxygen atoms in total. The van der Waals surface area contributed by atoms with E-state index in [0.717, 1.165) is 19.6 Å². The predicted molar refractivity (Wildman–Crippen MR) is 92.8 cm³/mol. The SMILES string of the molecule is CCNC(=O)N[C@H]1CN(Cc2ccccc2N(C)C)C[C@@H]1OC. The number of nitrogens with zero attached hydrogens (tertiary/aromatic N) is 2. The van der Waals surface area contributed by atoms with E-state index >= 15 is 0 Å². The predicted octanol–water partition coefficient (Wildman–Crippen LogP) is 1.27. The van der Waals surface area contributed by atoms with Crippen LogP contribution < -0.4 is 15.5 Å². The number of anilines is 1. The van der Waals surface area contributed by atoms with Crippen LogP contribution in [-0.4, -0.2) is 63.9 Å². The molecular formula is C17H28N4O2. The molecule has 1 fully saturated rings. The lowest BCUT2D eigenvalue weighted by Gasteiger charge is -2.21. The van der Waals surface area contributed by atoms with Gasteiger partial charge in [-0.2, -0.15) is 0 Å². The summed E-state index contributed by atoms with van der Waals surface area (Å²) in [6, 6.07) is 8.29. The highest BCUT2D eigenvalue weighted by Crippen LogP contribution is 2.22. The van der Waals surface area contributed by atoms with Crippen molar-refractivity contribution in [3.8, 4) is 0 Å². The van der Waals surface area contributed by atoms with Gasteiger partial charge in [0.05, 0.1) is 12.1 Å². The highest BCUT2D eigenvalue weighted by molar-refractivity contribution is 5.74. The van der Waals surface area contributed by atoms with Gasteiger partial charge in [0.2, 0.25) is 0 Å². The number of hydrogen-bond acceptors (Lipinski definition) is 4. The fourth-order valence-corrected chi connectivity index (χ4v) is 3.06. The van der Waals surface area contributed by atoms with Gasteiger partial charge in [0.25, 0.3) is 0 Å². The molecule has 0 aromatic heterocycles. The van der Waals surface area contributed by atoms with Crippen molar-refractivity contribution >= 4 is 11.7 Å². The molecule has 0 radical (unpaired) electrons. The fraction of sp³-hybridized carbons (Fsp3) is 0.588. The number of para-hydroxylation sites is 1. The molecule has 2 amide bonds. The zero-order chi connectivity index (χ0) is 16.8. The summed E-state index contributed by atoms with van der Waals surface area (Å²) in [6.07, 6.45) is 0.0177. The van der Waals surface area contributed by atoms with Gasteiger partial charge in [-0.25, -0.2) is 4.79 Å². The Kier molecular flexibility index (Phi) is 6.24. The standard InChI is InChI=1S/C17H28N4O2/c1-5-18-17(22)19-14-11-21(12-16(14)23-4)10-13-8-6-7-9-15(13)20(2)3/h6-9,14,16H,5,10-12H2,1-4H3,(H2,18,19,22)/t14-,16-/m0/s1. The molecule has 1 aromatic carbocycles. The summed E-state index contributed by atoms with van der Waals surface area (Å²) in [6.45, 7) is 4.98. The summed E-state index contributed by atoms with van der Waals surface area (Å²) in [5.74, 6) is 0. The Morgan fingerprint density at radius 3 is 2.74 bits per heavy atom. The fourth-order valence-electron chi connectivity index (χ4n) is 3.06. The third kappa shape index (κ3) is 4.59. The molecule has 1 heterocycles. The van der Waals surface area contributed by atoms with E-state index in [1.165, 1.54) is 11.3 Å². The first kappa shape index (κ1) is 17.6. The number of urea groups is 1. The second kappa shape index (κ2) is 8.17. The maximum atomic E-state index is 11.8. The number of nitrogens with one attached hydrogen (secondary N) is 2. The molecule has 1 aliphatic rings. The lowest BCUT2D eigenvalue weighted by Crippen LogP contribution is -2.47. The van der Waals surface area contributed by atoms with Crippen molar-refractivity contribution in [3.05, 3.63) is 29.8 Å². The quantitative estimate of drug-likeness (QED) is 0.829. The molecule has 0 bridgehead atoms. The number of hydrogen-bond donors (Lipinski definition) is 2. The van der Waals surface area contributed by atoms with E-state index in [9.17, 15) is 4.79 Å². The van der Waals surface area contributed by atoms with Crippen LogP contribution in [0, 0.1) is 0 Å². The largest absolute Gasteiger partial charge is 0.378 e. The van der Waals surface area contributed by atoms with E-state index in [4.69, 9.17) is 4.74 Å². The lowest BCUT2D eigenvalue weighted by molar-refractivity contribution is 0.0911. The first-order valence-corrected chi connectivity index (χ1v) is 8.09. The van der Waals surface area contributed by atoms with Crippen LogP contribution in [0.15, 0.2) is 24.3 Å². The normalized spacial score (nSPS) is 21.2. The van der Waals surface area contributed by atoms with Crippen LogP contribution in [0.4, 0.5) is 10.5 Å². The van der Waals surface area contributed by atoms with Crippen molar-refractivity contribution in [1.82, 2.24) is 15.5 Å². The second-order valence-corrected chi connectivity index (χ2v) is 6.10. The average Bonchev–Trinajstić information content (AvgIpc) is 2.89. The van der Waals surface area contributed by atoms with Crippen molar-refractivity contribution in [2.24, 2.45) is 0 Å². The Balaban J connectivity index is 2.01. The van der Waals surface area contributed by atoms with Gasteiger partial charge in [-0.3, -0.25) is 4.90 Å². The summed E-state index contributed by atoms with van der Waals surface area (Å²) >= 11 is 0. The molecule has 0 aliphatic carbocycles. The van der Waals surface area contributed by atoms with Gasteiger partial charge >= 0.3 is 6.03 Å². The zero-order valence-electron chi connectivity index (χ0n) is 14.5. The number of methoxy groups -OCH3 is 1. The Morgan fingerprint density at radius 1 is 1.35 bits per heavy atom. The number of likely N-dealkylation sites (tertiary alicyclic amines) is 1. The number of rotatable bonds is 6. The van der Waals surface area contributed by atoms with E-state index in [1.54, 1.807) is 7.11 Å². The summed E-state index contributed by atoms with van der Waals surface area (Å²) < 4.78 is 5.55. The Hall–Kier alpha value is -1.79. The lowest BCUT2D eigenvalue weighted by atomic mass is 10.1. The zero-order valence-corrected chi connectivity index (χ0v) is 14.5. The topological polar surface area (TPSA) is 56.8 Å². The van der Waals surface area contributed by atoms with Crippen molar-refractivity contribution < 1.29 is 9.53 Å². The van der Waals surface area contributed by atoms with Crippen LogP contribution in [-0.2, 0) is 11.3 Å². The average molecular weight is 320 g/mol. The smallest absolute Gasteiger partial charge is 0.315 e. The highest BCUT2D eigenvalue weighted by atomic mass is 16.5. The molecule has 6 heteroatoms. The van der Waals surface area contributed by atoms with Crippen molar-refractivity contribution in [3.63, 3.8) is 0 Å². The third-order valence-corrected chi connectivity index (χ3v) is 4.17. The molecule has 128 valence electrons. The molecule has 0 spiro atoms. The highest BCUT2D eigenvalue weighted by Gasteiger charge is 2.34. The number of carbonyl (C=O) groups excluding carboxylic acids is 1. The Labute approximate surface area is 138 Å². The molecular weight excluding hydrogens is 292 g/mol. The minimum atomic E-state index is -0.130. The van der Waals surface area contributed by atoms with Crippen LogP contribution in [0.25, 0.3) is 0 Å². The number of amides is 2. The van der Waals surface area contributed by atoms with Crippen LogP contribution in [0.3, 0.4) is 0 Å². The van der Waals surface area contributed by atoms with Crippen molar-refractivity contribution in [1.29, 1.82) is 0 Å². The summed E-state index contributed by atoms with van der Waals surface area (Å²) in [5.41, 5.74) is 2.51. The number of carbonyl (C=O) groups is 1. The Bertz CT molecular complexity index is 521. The Morgan fingerprint density at radius 2 is 2.09 bits per heavy atom.